The molecule has 3 unspecified atom stereocenters. The van der Waals surface area contributed by atoms with E-state index in [-0.39, 0.29) is 11.9 Å². The van der Waals surface area contributed by atoms with E-state index in [0.29, 0.717) is 11.8 Å². The van der Waals surface area contributed by atoms with Gasteiger partial charge in [-0.05, 0) is 24.7 Å². The molecule has 0 aromatic carbocycles. The molecule has 2 rings (SSSR count). The lowest BCUT2D eigenvalue weighted by atomic mass is 9.94. The Morgan fingerprint density at radius 3 is 2.83 bits per heavy atom. The van der Waals surface area contributed by atoms with Crippen molar-refractivity contribution in [3.63, 3.8) is 0 Å². The van der Waals surface area contributed by atoms with Gasteiger partial charge in [0, 0.05) is 0 Å². The van der Waals surface area contributed by atoms with Crippen molar-refractivity contribution in [3.05, 3.63) is 12.2 Å². The molecule has 1 saturated carbocycles. The van der Waals surface area contributed by atoms with Crippen LogP contribution in [0.3, 0.4) is 0 Å². The first kappa shape index (κ1) is 7.80. The van der Waals surface area contributed by atoms with E-state index in [1.807, 2.05) is 0 Å². The van der Waals surface area contributed by atoms with Crippen LogP contribution < -0.4 is 0 Å². The summed E-state index contributed by atoms with van der Waals surface area (Å²) in [5, 5.41) is 8.41. The predicted octanol–water partition coefficient (Wildman–Crippen LogP) is 0.692. The second-order valence-corrected chi connectivity index (χ2v) is 3.48. The van der Waals surface area contributed by atoms with Crippen molar-refractivity contribution in [1.82, 2.24) is 0 Å². The summed E-state index contributed by atoms with van der Waals surface area (Å²) in [4.78, 5) is 11.2. The van der Waals surface area contributed by atoms with Crippen LogP contribution in [0.2, 0.25) is 0 Å². The van der Waals surface area contributed by atoms with E-state index >= 15 is 0 Å². The summed E-state index contributed by atoms with van der Waals surface area (Å²) in [5.41, 5.74) is 0. The number of aliphatic hydroxyl groups excluding tert-OH is 1. The number of ether oxygens (including phenoxy) is 1. The minimum atomic E-state index is -0.490. The molecule has 0 aliphatic heterocycles. The SMILES string of the molecule is O=C(OCO)C1CC2C=CC1C2. The molecule has 0 spiro atoms. The Morgan fingerprint density at radius 1 is 1.50 bits per heavy atom. The molecular weight excluding hydrogens is 156 g/mol. The summed E-state index contributed by atoms with van der Waals surface area (Å²) in [5.74, 6) is 0.710. The standard InChI is InChI=1S/C9H12O3/c10-5-12-9(11)8-4-6-1-2-7(8)3-6/h1-2,6-8,10H,3-5H2. The van der Waals surface area contributed by atoms with Crippen LogP contribution in [0.5, 0.6) is 0 Å². The molecule has 2 aliphatic rings. The third-order valence-corrected chi connectivity index (χ3v) is 2.79. The van der Waals surface area contributed by atoms with Crippen LogP contribution in [0, 0.1) is 17.8 Å². The van der Waals surface area contributed by atoms with Crippen LogP contribution in [-0.4, -0.2) is 17.9 Å². The number of carbonyl (C=O) groups excluding carboxylic acids is 1. The third kappa shape index (κ3) is 1.14. The van der Waals surface area contributed by atoms with E-state index in [1.54, 1.807) is 0 Å². The lowest BCUT2D eigenvalue weighted by Gasteiger charge is -2.15. The van der Waals surface area contributed by atoms with Gasteiger partial charge in [0.25, 0.3) is 0 Å². The predicted molar refractivity (Wildman–Crippen MR) is 42.0 cm³/mol. The zero-order valence-electron chi connectivity index (χ0n) is 6.77. The highest BCUT2D eigenvalue weighted by Crippen LogP contribution is 2.43. The topological polar surface area (TPSA) is 46.5 Å². The summed E-state index contributed by atoms with van der Waals surface area (Å²) in [7, 11) is 0. The zero-order valence-corrected chi connectivity index (χ0v) is 6.77. The number of carbonyl (C=O) groups is 1. The van der Waals surface area contributed by atoms with Gasteiger partial charge in [0.1, 0.15) is 0 Å². The Labute approximate surface area is 71.0 Å². The van der Waals surface area contributed by atoms with Crippen molar-refractivity contribution >= 4 is 5.97 Å². The van der Waals surface area contributed by atoms with Crippen LogP contribution >= 0.6 is 0 Å². The minimum absolute atomic E-state index is 0.00662. The van der Waals surface area contributed by atoms with Crippen LogP contribution in [0.4, 0.5) is 0 Å². The monoisotopic (exact) mass is 168 g/mol. The van der Waals surface area contributed by atoms with Crippen molar-refractivity contribution in [3.8, 4) is 0 Å². The maximum Gasteiger partial charge on any atom is 0.311 e. The summed E-state index contributed by atoms with van der Waals surface area (Å²) in [6.07, 6.45) is 6.26. The molecule has 1 fully saturated rings. The number of allylic oxidation sites excluding steroid dienone is 2. The molecule has 0 heterocycles. The molecule has 0 aromatic rings. The van der Waals surface area contributed by atoms with Crippen LogP contribution in [0.15, 0.2) is 12.2 Å². The van der Waals surface area contributed by atoms with Gasteiger partial charge in [0.05, 0.1) is 5.92 Å². The maximum absolute atomic E-state index is 11.2. The lowest BCUT2D eigenvalue weighted by Crippen LogP contribution is -2.21. The van der Waals surface area contributed by atoms with E-state index in [9.17, 15) is 4.79 Å². The fourth-order valence-corrected chi connectivity index (χ4v) is 2.22. The van der Waals surface area contributed by atoms with Crippen LogP contribution in [0.1, 0.15) is 12.8 Å². The van der Waals surface area contributed by atoms with Gasteiger partial charge in [0.15, 0.2) is 6.79 Å². The molecule has 0 amide bonds. The average molecular weight is 168 g/mol. The zero-order chi connectivity index (χ0) is 8.55. The molecular formula is C9H12O3. The molecule has 1 N–H and O–H groups in total. The van der Waals surface area contributed by atoms with Crippen molar-refractivity contribution < 1.29 is 14.6 Å². The van der Waals surface area contributed by atoms with Crippen molar-refractivity contribution in [1.29, 1.82) is 0 Å². The normalized spacial score (nSPS) is 37.2. The molecule has 0 aromatic heterocycles. The highest BCUT2D eigenvalue weighted by molar-refractivity contribution is 5.73. The number of esters is 1. The smallest absolute Gasteiger partial charge is 0.311 e. The molecule has 0 radical (unpaired) electrons. The fraction of sp³-hybridized carbons (Fsp3) is 0.667. The minimum Gasteiger partial charge on any atom is -0.438 e. The maximum atomic E-state index is 11.2. The molecule has 12 heavy (non-hydrogen) atoms. The number of aliphatic hydroxyl groups is 1. The number of fused-ring (bicyclic) bond motifs is 2. The van der Waals surface area contributed by atoms with E-state index < -0.39 is 6.79 Å². The molecule has 2 aliphatic carbocycles. The average Bonchev–Trinajstić information content (AvgIpc) is 2.64. The molecule has 3 atom stereocenters. The quantitative estimate of drug-likeness (QED) is 0.375. The van der Waals surface area contributed by atoms with Gasteiger partial charge in [-0.15, -0.1) is 0 Å². The molecule has 0 saturated heterocycles. The lowest BCUT2D eigenvalue weighted by molar-refractivity contribution is -0.157. The van der Waals surface area contributed by atoms with E-state index in [2.05, 4.69) is 16.9 Å². The first-order valence-electron chi connectivity index (χ1n) is 4.27. The first-order valence-corrected chi connectivity index (χ1v) is 4.27. The summed E-state index contributed by atoms with van der Waals surface area (Å²) in [6.45, 7) is -0.490. The van der Waals surface area contributed by atoms with Gasteiger partial charge >= 0.3 is 5.97 Å². The Kier molecular flexibility index (Phi) is 1.89. The van der Waals surface area contributed by atoms with Crippen molar-refractivity contribution in [2.45, 2.75) is 12.8 Å². The Balaban J connectivity index is 1.98. The largest absolute Gasteiger partial charge is 0.438 e. The number of hydrogen-bond acceptors (Lipinski definition) is 3. The summed E-state index contributed by atoms with van der Waals surface area (Å²) in [6, 6.07) is 0. The van der Waals surface area contributed by atoms with Crippen LogP contribution in [-0.2, 0) is 9.53 Å². The number of hydrogen-bond donors (Lipinski definition) is 1. The van der Waals surface area contributed by atoms with Gasteiger partial charge in [-0.25, -0.2) is 0 Å². The molecule has 2 bridgehead atoms. The van der Waals surface area contributed by atoms with Crippen molar-refractivity contribution in [2.24, 2.45) is 17.8 Å². The Hall–Kier alpha value is -0.830. The Bertz CT molecular complexity index is 222. The second kappa shape index (κ2) is 2.90. The van der Waals surface area contributed by atoms with Crippen molar-refractivity contribution in [2.75, 3.05) is 6.79 Å². The van der Waals surface area contributed by atoms with E-state index in [1.165, 1.54) is 0 Å². The van der Waals surface area contributed by atoms with E-state index in [0.717, 1.165) is 12.8 Å². The molecule has 66 valence electrons. The first-order chi connectivity index (χ1) is 5.81. The highest BCUT2D eigenvalue weighted by Gasteiger charge is 2.40. The van der Waals surface area contributed by atoms with E-state index in [4.69, 9.17) is 5.11 Å². The third-order valence-electron chi connectivity index (χ3n) is 2.79. The highest BCUT2D eigenvalue weighted by atomic mass is 16.6. The van der Waals surface area contributed by atoms with Crippen LogP contribution in [0.25, 0.3) is 0 Å². The Morgan fingerprint density at radius 2 is 2.33 bits per heavy atom. The van der Waals surface area contributed by atoms with Gasteiger partial charge in [-0.1, -0.05) is 12.2 Å². The van der Waals surface area contributed by atoms with Gasteiger partial charge in [0.2, 0.25) is 0 Å². The van der Waals surface area contributed by atoms with Gasteiger partial charge in [-0.3, -0.25) is 4.79 Å². The molecule has 3 nitrogen and oxygen atoms in total. The summed E-state index contributed by atoms with van der Waals surface area (Å²) < 4.78 is 4.56. The number of rotatable bonds is 2. The fourth-order valence-electron chi connectivity index (χ4n) is 2.22. The van der Waals surface area contributed by atoms with Gasteiger partial charge in [-0.2, -0.15) is 0 Å². The van der Waals surface area contributed by atoms with Gasteiger partial charge < -0.3 is 9.84 Å². The second-order valence-electron chi connectivity index (χ2n) is 3.48. The summed E-state index contributed by atoms with van der Waals surface area (Å²) >= 11 is 0. The molecule has 3 heteroatoms.